The predicted molar refractivity (Wildman–Crippen MR) is 124 cm³/mol. The first-order chi connectivity index (χ1) is 14.9. The lowest BCUT2D eigenvalue weighted by Gasteiger charge is -2.21. The smallest absolute Gasteiger partial charge is 0.138 e. The molecule has 4 N–H and O–H groups in total. The van der Waals surface area contributed by atoms with Crippen LogP contribution in [0.2, 0.25) is 0 Å². The van der Waals surface area contributed by atoms with E-state index in [1.807, 2.05) is 19.9 Å². The van der Waals surface area contributed by atoms with Gasteiger partial charge in [0.25, 0.3) is 0 Å². The summed E-state index contributed by atoms with van der Waals surface area (Å²) >= 11 is 0. The average molecular weight is 422 g/mol. The Morgan fingerprint density at radius 3 is 2.71 bits per heavy atom. The molecule has 0 spiro atoms. The highest BCUT2D eigenvalue weighted by atomic mass is 19.1. The quantitative estimate of drug-likeness (QED) is 0.525. The second-order valence-corrected chi connectivity index (χ2v) is 7.98. The number of benzene rings is 2. The number of hydrogen-bond acceptors (Lipinski definition) is 6. The van der Waals surface area contributed by atoms with Gasteiger partial charge in [0.15, 0.2) is 0 Å². The minimum absolute atomic E-state index is 0.258. The highest BCUT2D eigenvalue weighted by molar-refractivity contribution is 5.94. The number of fused-ring (bicyclic) bond motifs is 1. The van der Waals surface area contributed by atoms with Gasteiger partial charge >= 0.3 is 0 Å². The van der Waals surface area contributed by atoms with Gasteiger partial charge in [0, 0.05) is 34.8 Å². The number of aromatic nitrogens is 2. The maximum absolute atomic E-state index is 14.8. The van der Waals surface area contributed by atoms with E-state index in [0.29, 0.717) is 28.5 Å². The lowest BCUT2D eigenvalue weighted by Crippen LogP contribution is -2.20. The molecule has 7 heteroatoms. The molecule has 0 fully saturated rings. The molecule has 31 heavy (non-hydrogen) atoms. The van der Waals surface area contributed by atoms with Crippen LogP contribution in [0.1, 0.15) is 41.9 Å². The number of nitrogens with zero attached hydrogens (tertiary/aromatic N) is 2. The van der Waals surface area contributed by atoms with Crippen LogP contribution in [0.5, 0.6) is 5.75 Å². The summed E-state index contributed by atoms with van der Waals surface area (Å²) in [6, 6.07) is 7.00. The van der Waals surface area contributed by atoms with Crippen molar-refractivity contribution in [3.8, 4) is 5.75 Å². The topological polar surface area (TPSA) is 85.1 Å². The molecule has 2 heterocycles. The molecular weight excluding hydrogens is 393 g/mol. The Balaban J connectivity index is 1.81. The molecule has 0 saturated carbocycles. The molecule has 1 atom stereocenters. The van der Waals surface area contributed by atoms with Gasteiger partial charge in [0.05, 0.1) is 18.7 Å². The van der Waals surface area contributed by atoms with Crippen LogP contribution >= 0.6 is 0 Å². The van der Waals surface area contributed by atoms with Gasteiger partial charge in [-0.1, -0.05) is 6.08 Å². The number of methoxy groups -OCH3 is 1. The molecule has 0 amide bonds. The third kappa shape index (κ3) is 4.18. The molecule has 0 aliphatic carbocycles. The van der Waals surface area contributed by atoms with Crippen molar-refractivity contribution >= 4 is 28.0 Å². The average Bonchev–Trinajstić information content (AvgIpc) is 2.75. The van der Waals surface area contributed by atoms with Crippen LogP contribution in [-0.4, -0.2) is 30.2 Å². The summed E-state index contributed by atoms with van der Waals surface area (Å²) in [6.45, 7) is 7.22. The molecule has 1 aliphatic heterocycles. The van der Waals surface area contributed by atoms with E-state index in [1.165, 1.54) is 5.57 Å². The number of hydrogen-bond donors (Lipinski definition) is 3. The van der Waals surface area contributed by atoms with E-state index in [4.69, 9.17) is 10.5 Å². The Hall–Kier alpha value is -3.19. The van der Waals surface area contributed by atoms with Gasteiger partial charge in [-0.25, -0.2) is 14.4 Å². The van der Waals surface area contributed by atoms with Crippen molar-refractivity contribution in [1.29, 1.82) is 0 Å². The maximum Gasteiger partial charge on any atom is 0.138 e. The molecule has 0 unspecified atom stereocenters. The first-order valence-corrected chi connectivity index (χ1v) is 10.5. The van der Waals surface area contributed by atoms with E-state index in [1.54, 1.807) is 26.2 Å². The number of nitrogens with two attached hydrogens (primary N) is 1. The van der Waals surface area contributed by atoms with Crippen LogP contribution in [-0.2, 0) is 0 Å². The summed E-state index contributed by atoms with van der Waals surface area (Å²) < 4.78 is 20.4. The van der Waals surface area contributed by atoms with E-state index in [2.05, 4.69) is 32.7 Å². The van der Waals surface area contributed by atoms with Gasteiger partial charge in [0.2, 0.25) is 0 Å². The summed E-state index contributed by atoms with van der Waals surface area (Å²) in [4.78, 5) is 9.23. The van der Waals surface area contributed by atoms with Crippen LogP contribution < -0.4 is 21.1 Å². The standard InChI is InChI=1S/C24H28FN5O/c1-13-9-17(26)10-18(23(13)25)14(2)28-24-20-11-19(16-5-7-27-8-6-16)22(31-4)12-21(20)29-15(3)30-24/h5,9-12,14,27H,6-8,26H2,1-4H3,(H,28,29,30)/t14-/m1/s1. The summed E-state index contributed by atoms with van der Waals surface area (Å²) in [5.74, 6) is 1.82. The minimum Gasteiger partial charge on any atom is -0.496 e. The number of rotatable bonds is 5. The van der Waals surface area contributed by atoms with E-state index >= 15 is 0 Å². The lowest BCUT2D eigenvalue weighted by atomic mass is 9.97. The number of halogens is 1. The molecule has 162 valence electrons. The van der Waals surface area contributed by atoms with Crippen LogP contribution in [0.15, 0.2) is 30.3 Å². The third-order valence-corrected chi connectivity index (χ3v) is 5.66. The summed E-state index contributed by atoms with van der Waals surface area (Å²) in [7, 11) is 1.67. The molecule has 0 radical (unpaired) electrons. The predicted octanol–water partition coefficient (Wildman–Crippen LogP) is 4.53. The first kappa shape index (κ1) is 21.1. The lowest BCUT2D eigenvalue weighted by molar-refractivity contribution is 0.413. The maximum atomic E-state index is 14.8. The molecule has 2 aromatic carbocycles. The van der Waals surface area contributed by atoms with Crippen molar-refractivity contribution in [2.24, 2.45) is 0 Å². The number of ether oxygens (including phenoxy) is 1. The third-order valence-electron chi connectivity index (χ3n) is 5.66. The summed E-state index contributed by atoms with van der Waals surface area (Å²) in [5, 5.41) is 7.59. The Morgan fingerprint density at radius 1 is 1.19 bits per heavy atom. The zero-order valence-corrected chi connectivity index (χ0v) is 18.3. The van der Waals surface area contributed by atoms with Crippen molar-refractivity contribution in [2.75, 3.05) is 31.2 Å². The van der Waals surface area contributed by atoms with Gasteiger partial charge in [0.1, 0.15) is 23.2 Å². The van der Waals surface area contributed by atoms with Crippen LogP contribution in [0, 0.1) is 19.7 Å². The fraction of sp³-hybridized carbons (Fsp3) is 0.333. The van der Waals surface area contributed by atoms with Crippen LogP contribution in [0.3, 0.4) is 0 Å². The van der Waals surface area contributed by atoms with Gasteiger partial charge in [-0.15, -0.1) is 0 Å². The molecular formula is C24H28FN5O. The fourth-order valence-corrected chi connectivity index (χ4v) is 4.09. The van der Waals surface area contributed by atoms with Gasteiger partial charge in [-0.05, 0) is 63.1 Å². The van der Waals surface area contributed by atoms with Crippen molar-refractivity contribution < 1.29 is 9.13 Å². The Bertz CT molecular complexity index is 1170. The van der Waals surface area contributed by atoms with Gasteiger partial charge in [-0.2, -0.15) is 0 Å². The number of anilines is 2. The first-order valence-electron chi connectivity index (χ1n) is 10.5. The van der Waals surface area contributed by atoms with Crippen LogP contribution in [0.4, 0.5) is 15.9 Å². The Kier molecular flexibility index (Phi) is 5.78. The SMILES string of the molecule is COc1cc2nc(C)nc(N[C@H](C)c3cc(N)cc(C)c3F)c2cc1C1=CCNCC1. The molecule has 0 saturated heterocycles. The highest BCUT2D eigenvalue weighted by Crippen LogP contribution is 2.36. The fourth-order valence-electron chi connectivity index (χ4n) is 4.09. The molecule has 1 aromatic heterocycles. The monoisotopic (exact) mass is 421 g/mol. The molecule has 3 aromatic rings. The molecule has 0 bridgehead atoms. The van der Waals surface area contributed by atoms with Crippen molar-refractivity contribution in [3.63, 3.8) is 0 Å². The second-order valence-electron chi connectivity index (χ2n) is 7.98. The van der Waals surface area contributed by atoms with E-state index in [9.17, 15) is 4.39 Å². The normalized spacial score (nSPS) is 14.9. The number of aryl methyl sites for hydroxylation is 2. The van der Waals surface area contributed by atoms with Gasteiger partial charge in [-0.3, -0.25) is 0 Å². The highest BCUT2D eigenvalue weighted by Gasteiger charge is 2.19. The number of nitrogens with one attached hydrogen (secondary N) is 2. The second kappa shape index (κ2) is 8.51. The van der Waals surface area contributed by atoms with Crippen molar-refractivity contribution in [1.82, 2.24) is 15.3 Å². The summed E-state index contributed by atoms with van der Waals surface area (Å²) in [5.41, 5.74) is 10.6. The molecule has 1 aliphatic rings. The molecule has 6 nitrogen and oxygen atoms in total. The van der Waals surface area contributed by atoms with Crippen molar-refractivity contribution in [2.45, 2.75) is 33.2 Å². The van der Waals surface area contributed by atoms with E-state index in [0.717, 1.165) is 41.7 Å². The Labute approximate surface area is 181 Å². The zero-order chi connectivity index (χ0) is 22.1. The Morgan fingerprint density at radius 2 is 2.00 bits per heavy atom. The van der Waals surface area contributed by atoms with Gasteiger partial charge < -0.3 is 21.1 Å². The molecule has 4 rings (SSSR count). The summed E-state index contributed by atoms with van der Waals surface area (Å²) in [6.07, 6.45) is 3.10. The zero-order valence-electron chi connectivity index (χ0n) is 18.3. The largest absolute Gasteiger partial charge is 0.496 e. The minimum atomic E-state index is -0.330. The van der Waals surface area contributed by atoms with Crippen molar-refractivity contribution in [3.05, 3.63) is 58.7 Å². The van der Waals surface area contributed by atoms with Crippen LogP contribution in [0.25, 0.3) is 16.5 Å². The van der Waals surface area contributed by atoms with E-state index in [-0.39, 0.29) is 11.9 Å². The number of nitrogen functional groups attached to an aromatic ring is 1. The van der Waals surface area contributed by atoms with E-state index < -0.39 is 0 Å².